The molecule has 3 aromatic rings. The smallest absolute Gasteiger partial charge is 0.312 e. The summed E-state index contributed by atoms with van der Waals surface area (Å²) in [5.74, 6) is -3.01. The van der Waals surface area contributed by atoms with Crippen molar-refractivity contribution in [3.63, 3.8) is 0 Å². The first kappa shape index (κ1) is 30.7. The summed E-state index contributed by atoms with van der Waals surface area (Å²) in [5.41, 5.74) is 0.863. The number of aliphatic hydroxyl groups is 1. The Labute approximate surface area is 262 Å². The number of esters is 1. The van der Waals surface area contributed by atoms with E-state index in [1.807, 2.05) is 60.7 Å². The van der Waals surface area contributed by atoms with Crippen LogP contribution in [0.5, 0.6) is 0 Å². The minimum Gasteiger partial charge on any atom is -0.465 e. The molecule has 236 valence electrons. The molecule has 3 aliphatic rings. The zero-order chi connectivity index (χ0) is 31.6. The first-order chi connectivity index (χ1) is 21.9. The second kappa shape index (κ2) is 12.9. The summed E-state index contributed by atoms with van der Waals surface area (Å²) in [6, 6.07) is 14.7. The third-order valence-corrected chi connectivity index (χ3v) is 9.37. The van der Waals surface area contributed by atoms with E-state index in [0.29, 0.717) is 30.3 Å². The number of likely N-dealkylation sites (tertiary alicyclic amines) is 1. The summed E-state index contributed by atoms with van der Waals surface area (Å²) in [6.45, 7) is 7.64. The molecule has 1 N–H and O–H groups in total. The maximum atomic E-state index is 14.8. The number of carbonyl (C=O) groups is 3. The zero-order valence-corrected chi connectivity index (χ0v) is 25.2. The molecule has 6 rings (SSSR count). The number of carbonyl (C=O) groups excluding carboxylic acids is 3. The Morgan fingerprint density at radius 3 is 2.67 bits per heavy atom. The Morgan fingerprint density at radius 2 is 1.91 bits per heavy atom. The van der Waals surface area contributed by atoms with Gasteiger partial charge in [0.1, 0.15) is 23.8 Å². The Bertz CT molecular complexity index is 1580. The van der Waals surface area contributed by atoms with Gasteiger partial charge in [0.2, 0.25) is 11.8 Å². The number of allylic oxidation sites excluding steroid dienone is 1. The lowest BCUT2D eigenvalue weighted by Crippen LogP contribution is -2.57. The number of hydrogen-bond donors (Lipinski definition) is 1. The van der Waals surface area contributed by atoms with E-state index in [2.05, 4.69) is 23.5 Å². The van der Waals surface area contributed by atoms with Gasteiger partial charge in [-0.1, -0.05) is 59.8 Å². The van der Waals surface area contributed by atoms with Crippen molar-refractivity contribution in [2.75, 3.05) is 19.8 Å². The van der Waals surface area contributed by atoms with Crippen LogP contribution < -0.4 is 0 Å². The van der Waals surface area contributed by atoms with Gasteiger partial charge >= 0.3 is 5.97 Å². The van der Waals surface area contributed by atoms with Crippen LogP contribution in [0, 0.1) is 11.8 Å². The third-order valence-electron chi connectivity index (χ3n) is 9.37. The Balaban J connectivity index is 1.37. The fourth-order valence-corrected chi connectivity index (χ4v) is 7.39. The van der Waals surface area contributed by atoms with Crippen LogP contribution in [0.15, 0.2) is 79.9 Å². The molecule has 0 radical (unpaired) electrons. The lowest BCUT2D eigenvalue weighted by atomic mass is 9.70. The van der Waals surface area contributed by atoms with Crippen molar-refractivity contribution in [2.45, 2.75) is 62.6 Å². The molecule has 4 heterocycles. The standard InChI is InChI=1S/C34H39N5O6/c1-3-5-6-12-20-44-33(43)28-27-17-18-34(45-27)29(28)31(41)39(26(21-40)23-13-8-7-9-14-23)30(34)32(42)37(19-4-2)22-38-25-16-11-10-15-24(25)35-36-38/h3-4,7-11,13-16,26-30,40H,1-2,5-6,12,17-22H2/t26-,27-,28+,29+,30?,34?/m1/s1. The summed E-state index contributed by atoms with van der Waals surface area (Å²) < 4.78 is 13.9. The average molecular weight is 614 g/mol. The van der Waals surface area contributed by atoms with Gasteiger partial charge in [-0.2, -0.15) is 0 Å². The molecule has 3 fully saturated rings. The third kappa shape index (κ3) is 5.33. The number of nitrogens with zero attached hydrogens (tertiary/aromatic N) is 5. The van der Waals surface area contributed by atoms with Gasteiger partial charge in [-0.25, -0.2) is 4.68 Å². The highest BCUT2D eigenvalue weighted by Crippen LogP contribution is 2.60. The number of rotatable bonds is 14. The molecule has 11 nitrogen and oxygen atoms in total. The summed E-state index contributed by atoms with van der Waals surface area (Å²) in [5, 5.41) is 19.2. The van der Waals surface area contributed by atoms with Crippen LogP contribution >= 0.6 is 0 Å². The number of unbranched alkanes of at least 4 members (excludes halogenated alkanes) is 2. The molecule has 2 amide bonds. The summed E-state index contributed by atoms with van der Waals surface area (Å²) in [4.78, 5) is 46.0. The van der Waals surface area contributed by atoms with E-state index in [-0.39, 0.29) is 25.7 Å². The monoisotopic (exact) mass is 613 g/mol. The van der Waals surface area contributed by atoms with Gasteiger partial charge in [0.15, 0.2) is 0 Å². The number of benzene rings is 2. The number of ether oxygens (including phenoxy) is 2. The molecule has 3 saturated heterocycles. The molecular weight excluding hydrogens is 574 g/mol. The largest absolute Gasteiger partial charge is 0.465 e. The van der Waals surface area contributed by atoms with Crippen LogP contribution in [0.2, 0.25) is 0 Å². The van der Waals surface area contributed by atoms with Gasteiger partial charge in [-0.05, 0) is 49.8 Å². The van der Waals surface area contributed by atoms with E-state index in [1.54, 1.807) is 15.7 Å². The molecule has 6 atom stereocenters. The van der Waals surface area contributed by atoms with Gasteiger partial charge in [0.05, 0.1) is 42.7 Å². The highest BCUT2D eigenvalue weighted by molar-refractivity contribution is 5.98. The molecule has 45 heavy (non-hydrogen) atoms. The van der Waals surface area contributed by atoms with Crippen molar-refractivity contribution in [1.29, 1.82) is 0 Å². The van der Waals surface area contributed by atoms with Crippen molar-refractivity contribution in [2.24, 2.45) is 11.8 Å². The van der Waals surface area contributed by atoms with E-state index < -0.39 is 54.1 Å². The van der Waals surface area contributed by atoms with Crippen molar-refractivity contribution < 1.29 is 29.0 Å². The zero-order valence-electron chi connectivity index (χ0n) is 25.2. The second-order valence-electron chi connectivity index (χ2n) is 11.9. The summed E-state index contributed by atoms with van der Waals surface area (Å²) in [6.07, 6.45) is 6.19. The second-order valence-corrected chi connectivity index (χ2v) is 11.9. The fraction of sp³-hybridized carbons (Fsp3) is 0.441. The van der Waals surface area contributed by atoms with Crippen LogP contribution in [0.25, 0.3) is 11.0 Å². The molecule has 0 aliphatic carbocycles. The Kier molecular flexibility index (Phi) is 8.82. The number of hydrogen-bond acceptors (Lipinski definition) is 8. The van der Waals surface area contributed by atoms with Crippen LogP contribution in [0.4, 0.5) is 0 Å². The van der Waals surface area contributed by atoms with E-state index >= 15 is 0 Å². The molecule has 1 spiro atoms. The van der Waals surface area contributed by atoms with Crippen LogP contribution in [0.1, 0.15) is 43.7 Å². The minimum absolute atomic E-state index is 0.0549. The van der Waals surface area contributed by atoms with Gasteiger partial charge in [0.25, 0.3) is 0 Å². The van der Waals surface area contributed by atoms with Crippen molar-refractivity contribution >= 4 is 28.8 Å². The number of para-hydroxylation sites is 1. The summed E-state index contributed by atoms with van der Waals surface area (Å²) >= 11 is 0. The number of aromatic nitrogens is 3. The van der Waals surface area contributed by atoms with Crippen LogP contribution in [-0.4, -0.2) is 85.2 Å². The van der Waals surface area contributed by atoms with E-state index in [9.17, 15) is 19.5 Å². The number of fused-ring (bicyclic) bond motifs is 2. The lowest BCUT2D eigenvalue weighted by Gasteiger charge is -2.39. The van der Waals surface area contributed by atoms with Crippen LogP contribution in [0.3, 0.4) is 0 Å². The first-order valence-corrected chi connectivity index (χ1v) is 15.6. The van der Waals surface area contributed by atoms with Crippen molar-refractivity contribution in [1.82, 2.24) is 24.8 Å². The lowest BCUT2D eigenvalue weighted by molar-refractivity contribution is -0.157. The minimum atomic E-state index is -1.25. The quantitative estimate of drug-likeness (QED) is 0.167. The first-order valence-electron chi connectivity index (χ1n) is 15.6. The van der Waals surface area contributed by atoms with Crippen molar-refractivity contribution in [3.8, 4) is 0 Å². The topological polar surface area (TPSA) is 127 Å². The molecule has 1 aromatic heterocycles. The predicted molar refractivity (Wildman–Crippen MR) is 165 cm³/mol. The molecular formula is C34H39N5O6. The SMILES string of the molecule is C=CCCCCOC(=O)[C@@H]1[C@H]2C(=O)N([C@H](CO)c3ccccc3)C(C(=O)N(CC=C)Cn3nnc4ccccc43)C23CC[C@H]1O3. The van der Waals surface area contributed by atoms with Crippen molar-refractivity contribution in [3.05, 3.63) is 85.5 Å². The maximum absolute atomic E-state index is 14.8. The summed E-state index contributed by atoms with van der Waals surface area (Å²) in [7, 11) is 0. The van der Waals surface area contributed by atoms with E-state index in [4.69, 9.17) is 9.47 Å². The molecule has 3 aliphatic heterocycles. The van der Waals surface area contributed by atoms with Gasteiger partial charge < -0.3 is 24.4 Å². The van der Waals surface area contributed by atoms with Crippen LogP contribution in [-0.2, 0) is 30.5 Å². The predicted octanol–water partition coefficient (Wildman–Crippen LogP) is 3.41. The normalized spacial score (nSPS) is 25.7. The molecule has 2 bridgehead atoms. The molecule has 11 heteroatoms. The van der Waals surface area contributed by atoms with Gasteiger partial charge in [-0.15, -0.1) is 18.3 Å². The fourth-order valence-electron chi connectivity index (χ4n) is 7.39. The van der Waals surface area contributed by atoms with E-state index in [1.165, 1.54) is 4.90 Å². The highest BCUT2D eigenvalue weighted by Gasteiger charge is 2.75. The van der Waals surface area contributed by atoms with E-state index in [0.717, 1.165) is 18.4 Å². The highest BCUT2D eigenvalue weighted by atomic mass is 16.6. The van der Waals surface area contributed by atoms with Gasteiger partial charge in [0, 0.05) is 6.54 Å². The Hall–Kier alpha value is -4.35. The van der Waals surface area contributed by atoms with Gasteiger partial charge in [-0.3, -0.25) is 14.4 Å². The molecule has 0 saturated carbocycles. The molecule has 2 unspecified atom stereocenters. The molecule has 2 aromatic carbocycles. The number of amides is 2. The maximum Gasteiger partial charge on any atom is 0.312 e. The number of aliphatic hydroxyl groups excluding tert-OH is 1. The Morgan fingerprint density at radius 1 is 1.13 bits per heavy atom. The average Bonchev–Trinajstić information content (AvgIpc) is 3.81.